The molecular weight excluding hydrogens is 264 g/mol. The third-order valence-corrected chi connectivity index (χ3v) is 3.55. The summed E-state index contributed by atoms with van der Waals surface area (Å²) >= 11 is 0. The van der Waals surface area contributed by atoms with Crippen molar-refractivity contribution in [1.29, 1.82) is 0 Å². The minimum atomic E-state index is -0.649. The smallest absolute Gasteiger partial charge is 0.134 e. The number of ether oxygens (including phenoxy) is 1. The first kappa shape index (κ1) is 13.1. The molecule has 20 heavy (non-hydrogen) atoms. The Labute approximate surface area is 115 Å². The number of nitrogens with two attached hydrogens (primary N) is 1. The molecule has 0 spiro atoms. The highest BCUT2D eigenvalue weighted by atomic mass is 19.1. The average molecular weight is 279 g/mol. The normalized spacial score (nSPS) is 18.6. The standard InChI is InChI=1S/C14H15F2N3O/c1-19-14(17)12(9-5-4-8(15)7-10(9)16)13(18-19)11-3-2-6-20-11/h4-5,7,11H,2-3,6,17H2,1H3. The molecule has 1 unspecified atom stereocenters. The molecule has 2 heterocycles. The van der Waals surface area contributed by atoms with Crippen LogP contribution in [0.25, 0.3) is 11.1 Å². The quantitative estimate of drug-likeness (QED) is 0.919. The third kappa shape index (κ3) is 2.06. The van der Waals surface area contributed by atoms with E-state index in [1.165, 1.54) is 16.8 Å². The molecule has 4 nitrogen and oxygen atoms in total. The zero-order valence-electron chi connectivity index (χ0n) is 11.1. The molecule has 1 aliphatic rings. The van der Waals surface area contributed by atoms with Crippen LogP contribution >= 0.6 is 0 Å². The lowest BCUT2D eigenvalue weighted by Crippen LogP contribution is -2.00. The van der Waals surface area contributed by atoms with Crippen molar-refractivity contribution in [3.63, 3.8) is 0 Å². The van der Waals surface area contributed by atoms with Gasteiger partial charge in [-0.15, -0.1) is 0 Å². The van der Waals surface area contributed by atoms with E-state index in [1.807, 2.05) is 0 Å². The monoisotopic (exact) mass is 279 g/mol. The van der Waals surface area contributed by atoms with Crippen LogP contribution in [0.5, 0.6) is 0 Å². The summed E-state index contributed by atoms with van der Waals surface area (Å²) in [6.07, 6.45) is 1.58. The Morgan fingerprint density at radius 3 is 2.85 bits per heavy atom. The molecule has 1 aromatic carbocycles. The zero-order valence-corrected chi connectivity index (χ0v) is 11.1. The number of halogens is 2. The van der Waals surface area contributed by atoms with Crippen molar-refractivity contribution in [3.05, 3.63) is 35.5 Å². The Hall–Kier alpha value is -1.95. The van der Waals surface area contributed by atoms with Crippen LogP contribution in [0, 0.1) is 11.6 Å². The maximum Gasteiger partial charge on any atom is 0.134 e. The van der Waals surface area contributed by atoms with E-state index in [0.29, 0.717) is 23.7 Å². The molecule has 0 saturated carbocycles. The van der Waals surface area contributed by atoms with Crippen molar-refractivity contribution in [2.75, 3.05) is 12.3 Å². The Morgan fingerprint density at radius 1 is 1.40 bits per heavy atom. The van der Waals surface area contributed by atoms with Gasteiger partial charge in [0.2, 0.25) is 0 Å². The van der Waals surface area contributed by atoms with Crippen LogP contribution in [0.2, 0.25) is 0 Å². The summed E-state index contributed by atoms with van der Waals surface area (Å²) in [5.41, 5.74) is 7.36. The first-order chi connectivity index (χ1) is 9.58. The summed E-state index contributed by atoms with van der Waals surface area (Å²) < 4.78 is 34.2. The summed E-state index contributed by atoms with van der Waals surface area (Å²) in [4.78, 5) is 0. The minimum Gasteiger partial charge on any atom is -0.383 e. The number of rotatable bonds is 2. The number of nitrogens with zero attached hydrogens (tertiary/aromatic N) is 2. The first-order valence-electron chi connectivity index (χ1n) is 6.47. The SMILES string of the molecule is Cn1nc(C2CCCO2)c(-c2ccc(F)cc2F)c1N. The second kappa shape index (κ2) is 4.86. The van der Waals surface area contributed by atoms with Gasteiger partial charge in [-0.3, -0.25) is 4.68 Å². The van der Waals surface area contributed by atoms with Crippen LogP contribution < -0.4 is 5.73 Å². The summed E-state index contributed by atoms with van der Waals surface area (Å²) in [5.74, 6) is -0.919. The van der Waals surface area contributed by atoms with E-state index >= 15 is 0 Å². The Morgan fingerprint density at radius 2 is 2.20 bits per heavy atom. The molecule has 106 valence electrons. The van der Waals surface area contributed by atoms with Crippen LogP contribution in [-0.4, -0.2) is 16.4 Å². The van der Waals surface area contributed by atoms with Gasteiger partial charge in [-0.2, -0.15) is 5.10 Å². The molecule has 2 aromatic rings. The fraction of sp³-hybridized carbons (Fsp3) is 0.357. The lowest BCUT2D eigenvalue weighted by molar-refractivity contribution is 0.108. The number of hydrogen-bond donors (Lipinski definition) is 1. The Bertz CT molecular complexity index is 648. The minimum absolute atomic E-state index is 0.182. The molecule has 1 atom stereocenters. The molecule has 0 aliphatic carbocycles. The van der Waals surface area contributed by atoms with Crippen molar-refractivity contribution in [3.8, 4) is 11.1 Å². The second-order valence-electron chi connectivity index (χ2n) is 4.89. The van der Waals surface area contributed by atoms with Crippen LogP contribution in [0.15, 0.2) is 18.2 Å². The molecule has 0 bridgehead atoms. The van der Waals surface area contributed by atoms with Crippen molar-refractivity contribution in [2.45, 2.75) is 18.9 Å². The number of benzene rings is 1. The molecule has 0 radical (unpaired) electrons. The van der Waals surface area contributed by atoms with E-state index in [0.717, 1.165) is 18.9 Å². The Kier molecular flexibility index (Phi) is 3.17. The lowest BCUT2D eigenvalue weighted by Gasteiger charge is -2.10. The lowest BCUT2D eigenvalue weighted by atomic mass is 10.0. The van der Waals surface area contributed by atoms with E-state index in [2.05, 4.69) is 5.10 Å². The Balaban J connectivity index is 2.16. The third-order valence-electron chi connectivity index (χ3n) is 3.55. The fourth-order valence-electron chi connectivity index (χ4n) is 2.55. The van der Waals surface area contributed by atoms with Gasteiger partial charge in [0.25, 0.3) is 0 Å². The summed E-state index contributed by atoms with van der Waals surface area (Å²) in [7, 11) is 1.69. The van der Waals surface area contributed by atoms with Gasteiger partial charge in [0.1, 0.15) is 29.3 Å². The van der Waals surface area contributed by atoms with Crippen LogP contribution in [0.3, 0.4) is 0 Å². The summed E-state index contributed by atoms with van der Waals surface area (Å²) in [6.45, 7) is 0.659. The van der Waals surface area contributed by atoms with Gasteiger partial charge in [-0.1, -0.05) is 0 Å². The van der Waals surface area contributed by atoms with E-state index in [9.17, 15) is 8.78 Å². The molecule has 3 rings (SSSR count). The molecule has 0 amide bonds. The van der Waals surface area contributed by atoms with E-state index in [1.54, 1.807) is 7.05 Å². The van der Waals surface area contributed by atoms with Crippen molar-refractivity contribution < 1.29 is 13.5 Å². The van der Waals surface area contributed by atoms with Gasteiger partial charge in [0.15, 0.2) is 0 Å². The fourth-order valence-corrected chi connectivity index (χ4v) is 2.55. The largest absolute Gasteiger partial charge is 0.383 e. The first-order valence-corrected chi connectivity index (χ1v) is 6.47. The average Bonchev–Trinajstić information content (AvgIpc) is 3.01. The maximum absolute atomic E-state index is 14.0. The van der Waals surface area contributed by atoms with Crippen LogP contribution in [0.1, 0.15) is 24.6 Å². The van der Waals surface area contributed by atoms with Gasteiger partial charge in [-0.25, -0.2) is 8.78 Å². The van der Waals surface area contributed by atoms with E-state index in [-0.39, 0.29) is 11.7 Å². The van der Waals surface area contributed by atoms with Gasteiger partial charge in [-0.05, 0) is 25.0 Å². The van der Waals surface area contributed by atoms with Crippen LogP contribution in [-0.2, 0) is 11.8 Å². The zero-order chi connectivity index (χ0) is 14.3. The number of nitrogen functional groups attached to an aromatic ring is 1. The van der Waals surface area contributed by atoms with Gasteiger partial charge in [0.05, 0.1) is 5.56 Å². The molecule has 1 fully saturated rings. The van der Waals surface area contributed by atoms with Gasteiger partial charge < -0.3 is 10.5 Å². The molecule has 6 heteroatoms. The van der Waals surface area contributed by atoms with E-state index in [4.69, 9.17) is 10.5 Å². The topological polar surface area (TPSA) is 53.1 Å². The summed E-state index contributed by atoms with van der Waals surface area (Å²) in [6, 6.07) is 3.45. The number of hydrogen-bond acceptors (Lipinski definition) is 3. The number of aryl methyl sites for hydroxylation is 1. The highest BCUT2D eigenvalue weighted by molar-refractivity contribution is 5.77. The highest BCUT2D eigenvalue weighted by Crippen LogP contribution is 2.39. The van der Waals surface area contributed by atoms with Crippen molar-refractivity contribution in [1.82, 2.24) is 9.78 Å². The molecule has 1 aromatic heterocycles. The van der Waals surface area contributed by atoms with Crippen molar-refractivity contribution in [2.24, 2.45) is 7.05 Å². The molecule has 2 N–H and O–H groups in total. The predicted molar refractivity (Wildman–Crippen MR) is 70.9 cm³/mol. The van der Waals surface area contributed by atoms with Gasteiger partial charge in [0, 0.05) is 25.3 Å². The van der Waals surface area contributed by atoms with Crippen LogP contribution in [0.4, 0.5) is 14.6 Å². The van der Waals surface area contributed by atoms with Crippen molar-refractivity contribution >= 4 is 5.82 Å². The molecule has 1 saturated heterocycles. The van der Waals surface area contributed by atoms with E-state index < -0.39 is 11.6 Å². The number of anilines is 1. The predicted octanol–water partition coefficient (Wildman–Crippen LogP) is 2.80. The molecule has 1 aliphatic heterocycles. The van der Waals surface area contributed by atoms with Gasteiger partial charge >= 0.3 is 0 Å². The highest BCUT2D eigenvalue weighted by Gasteiger charge is 2.28. The second-order valence-corrected chi connectivity index (χ2v) is 4.89. The summed E-state index contributed by atoms with van der Waals surface area (Å²) in [5, 5.41) is 4.34. The maximum atomic E-state index is 14.0. The number of aromatic nitrogens is 2. The molecular formula is C14H15F2N3O.